The summed E-state index contributed by atoms with van der Waals surface area (Å²) >= 11 is 0. The zero-order valence-corrected chi connectivity index (χ0v) is 34.8. The number of carbonyl (C=O) groups excluding carboxylic acids is 5. The molecule has 0 aromatic heterocycles. The van der Waals surface area contributed by atoms with Crippen LogP contribution in [0.2, 0.25) is 0 Å². The summed E-state index contributed by atoms with van der Waals surface area (Å²) < 4.78 is 40.8. The second-order valence-electron chi connectivity index (χ2n) is 12.4. The minimum absolute atomic E-state index is 0.0519. The standard InChI is InChI=1S/C21H22O6.C17H18O5.C8H10O3/c1-14(2)21(23)27-12-11-26-16-7-5-15(6-8-16)20(22)18-10-9-17(24-3)13-19(18)25-4;1-20-14-7-8-15(16(11-14)21-2)17(19)12-3-5-13(6-4-12)22-10-9-18;1-5(2)7(9)11-8(10)6(3)4/h5-10,13H,1,11-12H2,2-4H3;3-8,11,18H,9-10H2,1-2H3;1,3H2,2,4H3. The van der Waals surface area contributed by atoms with E-state index in [1.54, 1.807) is 106 Å². The fourth-order valence-electron chi connectivity index (χ4n) is 4.53. The third-order valence-electron chi connectivity index (χ3n) is 7.72. The molecule has 4 aromatic carbocycles. The highest BCUT2D eigenvalue weighted by Crippen LogP contribution is 2.28. The molecule has 1 N–H and O–H groups in total. The maximum atomic E-state index is 12.7. The molecule has 4 rings (SSSR count). The summed E-state index contributed by atoms with van der Waals surface area (Å²) in [7, 11) is 6.12. The number of rotatable bonds is 18. The Morgan fingerprint density at radius 1 is 0.483 bits per heavy atom. The average Bonchev–Trinajstić information content (AvgIpc) is 3.26. The number of hydrogen-bond donors (Lipinski definition) is 1. The molecule has 0 unspecified atom stereocenters. The highest BCUT2D eigenvalue weighted by atomic mass is 16.6. The van der Waals surface area contributed by atoms with Gasteiger partial charge in [-0.25, -0.2) is 14.4 Å². The molecule has 0 aliphatic heterocycles. The van der Waals surface area contributed by atoms with Crippen LogP contribution >= 0.6 is 0 Å². The number of ether oxygens (including phenoxy) is 8. The Morgan fingerprint density at radius 2 is 0.850 bits per heavy atom. The molecule has 0 spiro atoms. The summed E-state index contributed by atoms with van der Waals surface area (Å²) in [5.74, 6) is 1.13. The molecule has 0 bridgehead atoms. The Morgan fingerprint density at radius 3 is 1.18 bits per heavy atom. The lowest BCUT2D eigenvalue weighted by Gasteiger charge is -2.10. The van der Waals surface area contributed by atoms with Crippen molar-refractivity contribution in [3.63, 3.8) is 0 Å². The van der Waals surface area contributed by atoms with Gasteiger partial charge in [0.1, 0.15) is 54.3 Å². The summed E-state index contributed by atoms with van der Waals surface area (Å²) in [5, 5.41) is 8.72. The summed E-state index contributed by atoms with van der Waals surface area (Å²) in [4.78, 5) is 57.9. The second kappa shape index (κ2) is 25.2. The molecule has 14 heteroatoms. The van der Waals surface area contributed by atoms with E-state index in [9.17, 15) is 24.0 Å². The molecule has 0 saturated carbocycles. The normalized spacial score (nSPS) is 9.80. The lowest BCUT2D eigenvalue weighted by molar-refractivity contribution is -0.154. The number of hydrogen-bond acceptors (Lipinski definition) is 14. The first-order chi connectivity index (χ1) is 28.6. The summed E-state index contributed by atoms with van der Waals surface area (Å²) in [6.45, 7) is 15.1. The maximum Gasteiger partial charge on any atom is 0.340 e. The predicted octanol–water partition coefficient (Wildman–Crippen LogP) is 6.95. The van der Waals surface area contributed by atoms with Crippen LogP contribution in [0.15, 0.2) is 121 Å². The van der Waals surface area contributed by atoms with Gasteiger partial charge in [-0.2, -0.15) is 0 Å². The van der Waals surface area contributed by atoms with Crippen molar-refractivity contribution in [2.75, 3.05) is 54.9 Å². The van der Waals surface area contributed by atoms with Gasteiger partial charge in [-0.15, -0.1) is 0 Å². The van der Waals surface area contributed by atoms with Crippen molar-refractivity contribution in [1.29, 1.82) is 0 Å². The third kappa shape index (κ3) is 15.6. The number of benzene rings is 4. The van der Waals surface area contributed by atoms with E-state index >= 15 is 0 Å². The molecule has 4 aromatic rings. The smallest absolute Gasteiger partial charge is 0.340 e. The van der Waals surface area contributed by atoms with Crippen LogP contribution in [0.4, 0.5) is 0 Å². The zero-order chi connectivity index (χ0) is 44.8. The van der Waals surface area contributed by atoms with Crippen molar-refractivity contribution in [3.8, 4) is 34.5 Å². The fraction of sp³-hybridized carbons (Fsp3) is 0.239. The first-order valence-corrected chi connectivity index (χ1v) is 18.1. The molecule has 0 radical (unpaired) electrons. The molecule has 60 heavy (non-hydrogen) atoms. The van der Waals surface area contributed by atoms with Crippen molar-refractivity contribution in [2.45, 2.75) is 20.8 Å². The van der Waals surface area contributed by atoms with Gasteiger partial charge in [0, 0.05) is 40.0 Å². The van der Waals surface area contributed by atoms with Crippen LogP contribution in [-0.4, -0.2) is 89.4 Å². The summed E-state index contributed by atoms with van der Waals surface area (Å²) in [6.07, 6.45) is 0. The van der Waals surface area contributed by atoms with Gasteiger partial charge < -0.3 is 43.0 Å². The lowest BCUT2D eigenvalue weighted by atomic mass is 10.0. The average molecular weight is 827 g/mol. The van der Waals surface area contributed by atoms with Crippen molar-refractivity contribution in [1.82, 2.24) is 0 Å². The van der Waals surface area contributed by atoms with Crippen LogP contribution in [0.3, 0.4) is 0 Å². The highest BCUT2D eigenvalue weighted by molar-refractivity contribution is 6.11. The van der Waals surface area contributed by atoms with Crippen molar-refractivity contribution in [2.24, 2.45) is 0 Å². The van der Waals surface area contributed by atoms with Gasteiger partial charge in [0.2, 0.25) is 0 Å². The lowest BCUT2D eigenvalue weighted by Crippen LogP contribution is -2.12. The van der Waals surface area contributed by atoms with E-state index in [-0.39, 0.29) is 49.1 Å². The Labute approximate surface area is 349 Å². The third-order valence-corrected chi connectivity index (χ3v) is 7.72. The molecule has 0 aliphatic carbocycles. The Bertz CT molecular complexity index is 2110. The first kappa shape index (κ1) is 49.0. The van der Waals surface area contributed by atoms with E-state index in [2.05, 4.69) is 24.5 Å². The van der Waals surface area contributed by atoms with Crippen LogP contribution in [0, 0.1) is 0 Å². The van der Waals surface area contributed by atoms with Gasteiger partial charge in [-0.05, 0) is 93.6 Å². The highest BCUT2D eigenvalue weighted by Gasteiger charge is 2.17. The van der Waals surface area contributed by atoms with Gasteiger partial charge in [0.25, 0.3) is 0 Å². The number of methoxy groups -OCH3 is 4. The molecular formula is C46H50O14. The van der Waals surface area contributed by atoms with Crippen LogP contribution in [-0.2, 0) is 23.9 Å². The second-order valence-corrected chi connectivity index (χ2v) is 12.4. The maximum absolute atomic E-state index is 12.7. The number of ketones is 2. The van der Waals surface area contributed by atoms with Crippen LogP contribution in [0.5, 0.6) is 34.5 Å². The number of aliphatic hydroxyl groups excluding tert-OH is 1. The van der Waals surface area contributed by atoms with Crippen molar-refractivity contribution in [3.05, 3.63) is 144 Å². The topological polar surface area (TPSA) is 179 Å². The van der Waals surface area contributed by atoms with E-state index in [0.29, 0.717) is 62.3 Å². The summed E-state index contributed by atoms with van der Waals surface area (Å²) in [5.41, 5.74) is 2.66. The predicted molar refractivity (Wildman–Crippen MR) is 223 cm³/mol. The first-order valence-electron chi connectivity index (χ1n) is 18.1. The number of esters is 3. The molecule has 318 valence electrons. The van der Waals surface area contributed by atoms with E-state index in [1.807, 2.05) is 0 Å². The van der Waals surface area contributed by atoms with Crippen LogP contribution in [0.25, 0.3) is 0 Å². The zero-order valence-electron chi connectivity index (χ0n) is 34.8. The van der Waals surface area contributed by atoms with E-state index in [0.717, 1.165) is 0 Å². The number of carbonyl (C=O) groups is 5. The van der Waals surface area contributed by atoms with Gasteiger partial charge in [0.15, 0.2) is 11.6 Å². The van der Waals surface area contributed by atoms with Gasteiger partial charge in [-0.3, -0.25) is 9.59 Å². The van der Waals surface area contributed by atoms with Crippen molar-refractivity contribution < 1.29 is 67.0 Å². The van der Waals surface area contributed by atoms with Crippen molar-refractivity contribution >= 4 is 29.5 Å². The summed E-state index contributed by atoms with van der Waals surface area (Å²) in [6, 6.07) is 23.6. The largest absolute Gasteiger partial charge is 0.497 e. The van der Waals surface area contributed by atoms with Gasteiger partial charge in [-0.1, -0.05) is 19.7 Å². The molecule has 0 aliphatic rings. The molecule has 0 atom stereocenters. The minimum atomic E-state index is -0.710. The molecule has 0 fully saturated rings. The number of aliphatic hydroxyl groups is 1. The molecule has 14 nitrogen and oxygen atoms in total. The quantitative estimate of drug-likeness (QED) is 0.0358. The van der Waals surface area contributed by atoms with Crippen LogP contribution in [0.1, 0.15) is 52.6 Å². The molecule has 0 saturated heterocycles. The van der Waals surface area contributed by atoms with E-state index < -0.39 is 17.9 Å². The Hall–Kier alpha value is -7.19. The Balaban J connectivity index is 0.000000337. The molecule has 0 amide bonds. The monoisotopic (exact) mass is 826 g/mol. The Kier molecular flexibility index (Phi) is 20.6. The van der Waals surface area contributed by atoms with Gasteiger partial charge >= 0.3 is 17.9 Å². The SMILES string of the molecule is C=C(C)C(=O)OC(=O)C(=C)C.C=C(C)C(=O)OCCOc1ccc(C(=O)c2ccc(OC)cc2OC)cc1.COc1ccc(C(=O)c2ccc(OCCO)cc2)c(OC)c1. The van der Waals surface area contributed by atoms with Gasteiger partial charge in [0.05, 0.1) is 46.2 Å². The van der Waals surface area contributed by atoms with E-state index in [1.165, 1.54) is 28.1 Å². The van der Waals surface area contributed by atoms with Crippen LogP contribution < -0.4 is 28.4 Å². The van der Waals surface area contributed by atoms with E-state index in [4.69, 9.17) is 38.3 Å². The molecular weight excluding hydrogens is 776 g/mol. The minimum Gasteiger partial charge on any atom is -0.497 e. The molecule has 0 heterocycles. The fourth-order valence-corrected chi connectivity index (χ4v) is 4.53.